The van der Waals surface area contributed by atoms with Crippen LogP contribution in [0.25, 0.3) is 44.2 Å². The van der Waals surface area contributed by atoms with Crippen LogP contribution in [0.1, 0.15) is 41.2 Å². The molecule has 0 N–H and O–H groups in total. The van der Waals surface area contributed by atoms with Crippen LogP contribution < -0.4 is 4.90 Å². The number of para-hydroxylation sites is 3. The Morgan fingerprint density at radius 1 is 0.538 bits per heavy atom. The number of hydrogen-bond acceptors (Lipinski definition) is 1. The lowest BCUT2D eigenvalue weighted by molar-refractivity contribution is 0.747. The van der Waals surface area contributed by atoms with Crippen LogP contribution in [-0.2, 0) is 11.8 Å². The average molecular weight is 665 g/mol. The van der Waals surface area contributed by atoms with Gasteiger partial charge in [0.05, 0.1) is 16.4 Å². The van der Waals surface area contributed by atoms with Crippen molar-refractivity contribution in [2.75, 3.05) is 4.90 Å². The molecule has 11 rings (SSSR count). The lowest BCUT2D eigenvalue weighted by Crippen LogP contribution is -2.27. The van der Waals surface area contributed by atoms with Gasteiger partial charge in [-0.3, -0.25) is 0 Å². The minimum absolute atomic E-state index is 0.323. The molecule has 0 aliphatic heterocycles. The van der Waals surface area contributed by atoms with Crippen LogP contribution in [0.5, 0.6) is 0 Å². The molecular weight excluding hydrogens is 629 g/mol. The Morgan fingerprint density at radius 2 is 1.21 bits per heavy atom. The Hall–Kier alpha value is -6.38. The maximum absolute atomic E-state index is 2.51. The van der Waals surface area contributed by atoms with Crippen molar-refractivity contribution in [1.29, 1.82) is 0 Å². The SMILES string of the molecule is CCc1ccc2c(c1)C1(C3=C2C=CC3)c2ccccc2-c2ccc(N(c3ccccc3)c3ccc4c(c3)c3ccccc3n4-c3ccccc3)cc21. The van der Waals surface area contributed by atoms with Crippen molar-refractivity contribution in [3.8, 4) is 16.8 Å². The molecule has 1 heterocycles. The van der Waals surface area contributed by atoms with Crippen molar-refractivity contribution in [2.45, 2.75) is 25.2 Å². The predicted molar refractivity (Wildman–Crippen MR) is 217 cm³/mol. The molecule has 0 bridgehead atoms. The van der Waals surface area contributed by atoms with Gasteiger partial charge in [0.1, 0.15) is 0 Å². The summed E-state index contributed by atoms with van der Waals surface area (Å²) in [5.74, 6) is 0. The average Bonchev–Trinajstić information content (AvgIpc) is 3.95. The highest BCUT2D eigenvalue weighted by Crippen LogP contribution is 2.64. The van der Waals surface area contributed by atoms with Gasteiger partial charge in [0, 0.05) is 33.5 Å². The highest BCUT2D eigenvalue weighted by Gasteiger charge is 2.53. The maximum Gasteiger partial charge on any atom is 0.0692 e. The summed E-state index contributed by atoms with van der Waals surface area (Å²) < 4.78 is 2.39. The van der Waals surface area contributed by atoms with E-state index in [0.29, 0.717) is 0 Å². The van der Waals surface area contributed by atoms with Gasteiger partial charge in [0.2, 0.25) is 0 Å². The molecule has 52 heavy (non-hydrogen) atoms. The second-order valence-corrected chi connectivity index (χ2v) is 14.3. The zero-order chi connectivity index (χ0) is 34.4. The minimum atomic E-state index is -0.323. The number of fused-ring (bicyclic) bond motifs is 12. The summed E-state index contributed by atoms with van der Waals surface area (Å²) in [6.45, 7) is 2.27. The smallest absolute Gasteiger partial charge is 0.0692 e. The standard InChI is InChI=1S/C50H36N2/c1-2-33-24-27-40-39-20-13-22-45(39)50(46(40)30-33)44-21-11-9-18-38(44)41-28-25-37(32-47(41)50)51(34-14-5-3-6-15-34)36-26-29-49-43(31-36)42-19-10-12-23-48(42)52(49)35-16-7-4-8-17-35/h3-21,23-32H,2,22H2,1H3. The maximum atomic E-state index is 2.51. The van der Waals surface area contributed by atoms with Gasteiger partial charge in [0.25, 0.3) is 0 Å². The Kier molecular flexibility index (Phi) is 6.24. The molecule has 7 aromatic carbocycles. The first-order valence-corrected chi connectivity index (χ1v) is 18.5. The molecule has 0 saturated carbocycles. The van der Waals surface area contributed by atoms with E-state index in [4.69, 9.17) is 0 Å². The van der Waals surface area contributed by atoms with Gasteiger partial charge in [-0.25, -0.2) is 0 Å². The monoisotopic (exact) mass is 664 g/mol. The Labute approximate surface area is 304 Å². The first kappa shape index (κ1) is 29.4. The van der Waals surface area contributed by atoms with E-state index in [1.807, 2.05) is 0 Å². The van der Waals surface area contributed by atoms with Crippen molar-refractivity contribution in [1.82, 2.24) is 4.57 Å². The Morgan fingerprint density at radius 3 is 2.08 bits per heavy atom. The number of anilines is 3. The molecule has 0 amide bonds. The molecule has 1 aromatic heterocycles. The van der Waals surface area contributed by atoms with Gasteiger partial charge in [-0.1, -0.05) is 122 Å². The van der Waals surface area contributed by atoms with Crippen LogP contribution in [-0.4, -0.2) is 4.57 Å². The van der Waals surface area contributed by atoms with Gasteiger partial charge in [-0.05, 0) is 124 Å². The number of allylic oxidation sites excluding steroid dienone is 4. The van der Waals surface area contributed by atoms with Crippen LogP contribution in [0.15, 0.2) is 182 Å². The number of hydrogen-bond donors (Lipinski definition) is 0. The molecule has 246 valence electrons. The molecule has 1 unspecified atom stereocenters. The molecule has 2 heteroatoms. The van der Waals surface area contributed by atoms with E-state index >= 15 is 0 Å². The lowest BCUT2D eigenvalue weighted by Gasteiger charge is -2.34. The number of aryl methyl sites for hydroxylation is 1. The van der Waals surface area contributed by atoms with Crippen molar-refractivity contribution in [2.24, 2.45) is 0 Å². The summed E-state index contributed by atoms with van der Waals surface area (Å²) in [5.41, 5.74) is 19.3. The zero-order valence-corrected chi connectivity index (χ0v) is 29.1. The van der Waals surface area contributed by atoms with Crippen molar-refractivity contribution < 1.29 is 0 Å². The highest BCUT2D eigenvalue weighted by atomic mass is 15.1. The molecule has 0 fully saturated rings. The summed E-state index contributed by atoms with van der Waals surface area (Å²) >= 11 is 0. The summed E-state index contributed by atoms with van der Waals surface area (Å²) in [6, 6.07) is 60.9. The number of nitrogens with zero attached hydrogens (tertiary/aromatic N) is 2. The van der Waals surface area contributed by atoms with E-state index in [1.54, 1.807) is 0 Å². The molecule has 3 aliphatic rings. The van der Waals surface area contributed by atoms with Gasteiger partial charge in [-0.15, -0.1) is 0 Å². The normalized spacial score (nSPS) is 16.5. The highest BCUT2D eigenvalue weighted by molar-refractivity contribution is 6.11. The molecule has 0 saturated heterocycles. The largest absolute Gasteiger partial charge is 0.310 e. The lowest BCUT2D eigenvalue weighted by atomic mass is 9.68. The molecule has 3 aliphatic carbocycles. The third-order valence-electron chi connectivity index (χ3n) is 11.8. The molecule has 1 atom stereocenters. The molecule has 2 nitrogen and oxygen atoms in total. The fraction of sp³-hybridized carbons (Fsp3) is 0.0800. The van der Waals surface area contributed by atoms with Gasteiger partial charge in [-0.2, -0.15) is 0 Å². The van der Waals surface area contributed by atoms with E-state index in [9.17, 15) is 0 Å². The number of aromatic nitrogens is 1. The number of rotatable bonds is 5. The van der Waals surface area contributed by atoms with Crippen LogP contribution in [0.3, 0.4) is 0 Å². The summed E-state index contributed by atoms with van der Waals surface area (Å²) in [4.78, 5) is 2.45. The first-order chi connectivity index (χ1) is 25.8. The summed E-state index contributed by atoms with van der Waals surface area (Å²) in [5, 5.41) is 2.49. The third-order valence-corrected chi connectivity index (χ3v) is 11.8. The van der Waals surface area contributed by atoms with Crippen molar-refractivity contribution in [3.05, 3.63) is 209 Å². The fourth-order valence-electron chi connectivity index (χ4n) is 9.63. The molecule has 0 radical (unpaired) electrons. The van der Waals surface area contributed by atoms with Crippen LogP contribution in [0.2, 0.25) is 0 Å². The van der Waals surface area contributed by atoms with Gasteiger partial charge >= 0.3 is 0 Å². The molecular formula is C50H36N2. The van der Waals surface area contributed by atoms with Crippen molar-refractivity contribution >= 4 is 44.4 Å². The minimum Gasteiger partial charge on any atom is -0.310 e. The van der Waals surface area contributed by atoms with Gasteiger partial charge < -0.3 is 9.47 Å². The Bertz CT molecular complexity index is 2800. The van der Waals surface area contributed by atoms with E-state index in [0.717, 1.165) is 29.9 Å². The fourth-order valence-corrected chi connectivity index (χ4v) is 9.63. The third kappa shape index (κ3) is 3.90. The molecule has 8 aromatic rings. The topological polar surface area (TPSA) is 8.17 Å². The van der Waals surface area contributed by atoms with Gasteiger partial charge in [0.15, 0.2) is 0 Å². The quantitative estimate of drug-likeness (QED) is 0.178. The zero-order valence-electron chi connectivity index (χ0n) is 29.1. The van der Waals surface area contributed by atoms with Crippen molar-refractivity contribution in [3.63, 3.8) is 0 Å². The van der Waals surface area contributed by atoms with E-state index in [2.05, 4.69) is 192 Å². The Balaban J connectivity index is 1.17. The summed E-state index contributed by atoms with van der Waals surface area (Å²) in [7, 11) is 0. The van der Waals surface area contributed by atoms with Crippen LogP contribution in [0.4, 0.5) is 17.1 Å². The molecule has 1 spiro atoms. The van der Waals surface area contributed by atoms with E-state index in [-0.39, 0.29) is 5.41 Å². The van der Waals surface area contributed by atoms with E-state index < -0.39 is 0 Å². The summed E-state index contributed by atoms with van der Waals surface area (Å²) in [6.07, 6.45) is 6.72. The van der Waals surface area contributed by atoms with Crippen LogP contribution in [0, 0.1) is 0 Å². The predicted octanol–water partition coefficient (Wildman–Crippen LogP) is 12.9. The second-order valence-electron chi connectivity index (χ2n) is 14.3. The van der Waals surface area contributed by atoms with Crippen LogP contribution >= 0.6 is 0 Å². The number of benzene rings is 7. The second kappa shape index (κ2) is 11.1. The first-order valence-electron chi connectivity index (χ1n) is 18.5. The van der Waals surface area contributed by atoms with E-state index in [1.165, 1.54) is 77.6 Å².